The summed E-state index contributed by atoms with van der Waals surface area (Å²) in [6.45, 7) is 13.7. The summed E-state index contributed by atoms with van der Waals surface area (Å²) in [5.41, 5.74) is -0.602. The Labute approximate surface area is 145 Å². The summed E-state index contributed by atoms with van der Waals surface area (Å²) >= 11 is 0. The molecule has 6 nitrogen and oxygen atoms in total. The average molecular weight is 340 g/mol. The summed E-state index contributed by atoms with van der Waals surface area (Å²) in [6, 6.07) is -0.604. The van der Waals surface area contributed by atoms with Crippen LogP contribution in [0.5, 0.6) is 0 Å². The van der Waals surface area contributed by atoms with E-state index in [9.17, 15) is 14.4 Å². The Morgan fingerprint density at radius 3 is 2.25 bits per heavy atom. The first kappa shape index (κ1) is 20.5. The van der Waals surface area contributed by atoms with E-state index < -0.39 is 23.5 Å². The number of rotatable bonds is 6. The summed E-state index contributed by atoms with van der Waals surface area (Å²) < 4.78 is 5.41. The van der Waals surface area contributed by atoms with Crippen LogP contribution in [0, 0.1) is 11.8 Å². The zero-order valence-corrected chi connectivity index (χ0v) is 16.0. The van der Waals surface area contributed by atoms with E-state index >= 15 is 0 Å². The minimum Gasteiger partial charge on any atom is -0.458 e. The lowest BCUT2D eigenvalue weighted by atomic mass is 10.0. The lowest BCUT2D eigenvalue weighted by Gasteiger charge is -2.26. The Kier molecular flexibility index (Phi) is 6.81. The van der Waals surface area contributed by atoms with Gasteiger partial charge in [-0.15, -0.1) is 0 Å². The number of hydrogen-bond donors (Lipinski definition) is 1. The molecule has 0 unspecified atom stereocenters. The monoisotopic (exact) mass is 340 g/mol. The molecule has 1 aliphatic rings. The molecule has 0 aromatic carbocycles. The average Bonchev–Trinajstić information content (AvgIpc) is 2.77. The molecule has 0 radical (unpaired) electrons. The highest BCUT2D eigenvalue weighted by Crippen LogP contribution is 2.21. The van der Waals surface area contributed by atoms with Gasteiger partial charge in [0.2, 0.25) is 11.8 Å². The van der Waals surface area contributed by atoms with Crippen LogP contribution >= 0.6 is 0 Å². The highest BCUT2D eigenvalue weighted by Gasteiger charge is 2.37. The van der Waals surface area contributed by atoms with Crippen LogP contribution in [-0.2, 0) is 19.1 Å². The molecule has 1 heterocycles. The van der Waals surface area contributed by atoms with Gasteiger partial charge in [-0.2, -0.15) is 0 Å². The first-order chi connectivity index (χ1) is 10.9. The zero-order chi connectivity index (χ0) is 18.7. The van der Waals surface area contributed by atoms with Crippen molar-refractivity contribution in [3.05, 3.63) is 0 Å². The van der Waals surface area contributed by atoms with Gasteiger partial charge < -0.3 is 15.0 Å². The molecular weight excluding hydrogens is 308 g/mol. The van der Waals surface area contributed by atoms with E-state index in [0.29, 0.717) is 13.0 Å². The second-order valence-corrected chi connectivity index (χ2v) is 8.27. The lowest BCUT2D eigenvalue weighted by Crippen LogP contribution is -2.47. The predicted octanol–water partition coefficient (Wildman–Crippen LogP) is 2.12. The van der Waals surface area contributed by atoms with E-state index in [1.54, 1.807) is 25.7 Å². The molecule has 6 heteroatoms. The van der Waals surface area contributed by atoms with Gasteiger partial charge in [-0.1, -0.05) is 13.8 Å². The predicted molar refractivity (Wildman–Crippen MR) is 92.2 cm³/mol. The zero-order valence-electron chi connectivity index (χ0n) is 16.0. The molecule has 1 aliphatic heterocycles. The van der Waals surface area contributed by atoms with Gasteiger partial charge in [0.1, 0.15) is 11.6 Å². The minimum absolute atomic E-state index is 0.0113. The summed E-state index contributed by atoms with van der Waals surface area (Å²) in [7, 11) is 0. The number of likely N-dealkylation sites (tertiary alicyclic amines) is 1. The molecular formula is C18H32N2O4. The van der Waals surface area contributed by atoms with Crippen molar-refractivity contribution in [1.29, 1.82) is 0 Å². The van der Waals surface area contributed by atoms with Crippen molar-refractivity contribution in [1.82, 2.24) is 10.2 Å². The number of carbonyl (C=O) groups is 3. The van der Waals surface area contributed by atoms with E-state index in [1.165, 1.54) is 0 Å². The van der Waals surface area contributed by atoms with Crippen molar-refractivity contribution >= 4 is 17.8 Å². The number of esters is 1. The van der Waals surface area contributed by atoms with Crippen LogP contribution < -0.4 is 5.32 Å². The summed E-state index contributed by atoms with van der Waals surface area (Å²) in [6.07, 6.45) is 0.710. The van der Waals surface area contributed by atoms with E-state index in [2.05, 4.69) is 5.32 Å². The fraction of sp³-hybridized carbons (Fsp3) is 0.833. The second kappa shape index (κ2) is 7.99. The maximum atomic E-state index is 12.5. The van der Waals surface area contributed by atoms with Crippen LogP contribution in [0.3, 0.4) is 0 Å². The van der Waals surface area contributed by atoms with Crippen LogP contribution in [0.2, 0.25) is 0 Å². The maximum absolute atomic E-state index is 12.5. The topological polar surface area (TPSA) is 75.7 Å². The van der Waals surface area contributed by atoms with Gasteiger partial charge in [-0.25, -0.2) is 4.79 Å². The van der Waals surface area contributed by atoms with Gasteiger partial charge in [0.05, 0.1) is 5.92 Å². The number of ether oxygens (including phenoxy) is 1. The van der Waals surface area contributed by atoms with Crippen molar-refractivity contribution < 1.29 is 19.1 Å². The van der Waals surface area contributed by atoms with Crippen LogP contribution in [-0.4, -0.2) is 46.9 Å². The molecule has 24 heavy (non-hydrogen) atoms. The van der Waals surface area contributed by atoms with Crippen LogP contribution in [0.25, 0.3) is 0 Å². The van der Waals surface area contributed by atoms with Crippen molar-refractivity contribution in [2.24, 2.45) is 11.8 Å². The molecule has 0 spiro atoms. The number of amides is 2. The summed E-state index contributed by atoms with van der Waals surface area (Å²) in [4.78, 5) is 38.6. The molecule has 0 aromatic heterocycles. The van der Waals surface area contributed by atoms with E-state index in [0.717, 1.165) is 0 Å². The molecule has 138 valence electrons. The minimum atomic E-state index is -0.681. The number of hydrogen-bond acceptors (Lipinski definition) is 4. The molecule has 1 N–H and O–H groups in total. The normalized spacial score (nSPS) is 19.8. The molecule has 0 saturated carbocycles. The van der Waals surface area contributed by atoms with Gasteiger partial charge in [0.15, 0.2) is 0 Å². The van der Waals surface area contributed by atoms with Gasteiger partial charge in [0.25, 0.3) is 0 Å². The van der Waals surface area contributed by atoms with Crippen molar-refractivity contribution in [3.63, 3.8) is 0 Å². The molecule has 1 saturated heterocycles. The van der Waals surface area contributed by atoms with E-state index in [-0.39, 0.29) is 30.2 Å². The number of nitrogens with zero attached hydrogens (tertiary/aromatic N) is 1. The Balaban J connectivity index is 2.74. The van der Waals surface area contributed by atoms with Crippen molar-refractivity contribution in [2.75, 3.05) is 6.54 Å². The first-order valence-corrected chi connectivity index (χ1v) is 8.73. The highest BCUT2D eigenvalue weighted by atomic mass is 16.6. The molecule has 1 rings (SSSR count). The second-order valence-electron chi connectivity index (χ2n) is 8.27. The van der Waals surface area contributed by atoms with Crippen molar-refractivity contribution in [2.45, 2.75) is 79.0 Å². The third-order valence-electron chi connectivity index (χ3n) is 3.87. The van der Waals surface area contributed by atoms with Gasteiger partial charge in [-0.05, 0) is 47.0 Å². The molecule has 0 aromatic rings. The largest absolute Gasteiger partial charge is 0.458 e. The Hall–Kier alpha value is -1.59. The fourth-order valence-corrected chi connectivity index (χ4v) is 2.75. The number of nitrogens with one attached hydrogen (secondary N) is 1. The quantitative estimate of drug-likeness (QED) is 0.752. The van der Waals surface area contributed by atoms with Crippen molar-refractivity contribution in [3.8, 4) is 0 Å². The SMILES string of the molecule is CC(C)C[C@@H](NC(=O)[C@H]1CC(=O)N(C(C)C)C1)C(=O)OC(C)(C)C. The van der Waals surface area contributed by atoms with E-state index in [1.807, 2.05) is 27.7 Å². The summed E-state index contributed by atoms with van der Waals surface area (Å²) in [5.74, 6) is -0.849. The van der Waals surface area contributed by atoms with Gasteiger partial charge in [-0.3, -0.25) is 9.59 Å². The molecule has 2 amide bonds. The first-order valence-electron chi connectivity index (χ1n) is 8.73. The van der Waals surface area contributed by atoms with Crippen LogP contribution in [0.1, 0.15) is 61.3 Å². The Bertz CT molecular complexity index is 480. The molecule has 1 fully saturated rings. The fourth-order valence-electron chi connectivity index (χ4n) is 2.75. The highest BCUT2D eigenvalue weighted by molar-refractivity contribution is 5.91. The number of carbonyl (C=O) groups excluding carboxylic acids is 3. The van der Waals surface area contributed by atoms with Gasteiger partial charge >= 0.3 is 5.97 Å². The Morgan fingerprint density at radius 1 is 1.25 bits per heavy atom. The standard InChI is InChI=1S/C18H32N2O4/c1-11(2)8-14(17(23)24-18(5,6)7)19-16(22)13-9-15(21)20(10-13)12(3)4/h11-14H,8-10H2,1-7H3,(H,19,22)/t13-,14+/m0/s1. The molecule has 0 bridgehead atoms. The Morgan fingerprint density at radius 2 is 1.83 bits per heavy atom. The lowest BCUT2D eigenvalue weighted by molar-refractivity contribution is -0.159. The molecule has 2 atom stereocenters. The third kappa shape index (κ3) is 6.13. The van der Waals surface area contributed by atoms with E-state index in [4.69, 9.17) is 4.74 Å². The summed E-state index contributed by atoms with van der Waals surface area (Å²) in [5, 5.41) is 2.80. The van der Waals surface area contributed by atoms with Gasteiger partial charge in [0, 0.05) is 19.0 Å². The van der Waals surface area contributed by atoms with Crippen LogP contribution in [0.15, 0.2) is 0 Å². The maximum Gasteiger partial charge on any atom is 0.329 e. The van der Waals surface area contributed by atoms with Crippen LogP contribution in [0.4, 0.5) is 0 Å². The molecule has 0 aliphatic carbocycles. The third-order valence-corrected chi connectivity index (χ3v) is 3.87. The smallest absolute Gasteiger partial charge is 0.329 e.